The van der Waals surface area contributed by atoms with Crippen LogP contribution in [0.4, 0.5) is 5.13 Å². The Morgan fingerprint density at radius 2 is 1.86 bits per heavy atom. The van der Waals surface area contributed by atoms with E-state index in [1.807, 2.05) is 31.2 Å². The maximum Gasteiger partial charge on any atom is 0.239 e. The average Bonchev–Trinajstić information content (AvgIpc) is 3.27. The summed E-state index contributed by atoms with van der Waals surface area (Å²) in [5.41, 5.74) is 6.47. The number of carbonyl (C=O) groups is 1. The number of fused-ring (bicyclic) bond motifs is 1. The summed E-state index contributed by atoms with van der Waals surface area (Å²) < 4.78 is 0. The van der Waals surface area contributed by atoms with Gasteiger partial charge in [0.15, 0.2) is 5.16 Å². The SMILES string of the molecule is Cc1cc(C)c(-c2nnc(NC(=O)C(C)Sc3nc4ccccc4[nH]3)s2)c(C)c1. The van der Waals surface area contributed by atoms with Crippen molar-refractivity contribution >= 4 is 45.2 Å². The lowest BCUT2D eigenvalue weighted by molar-refractivity contribution is -0.115. The Kier molecular flexibility index (Phi) is 5.38. The third-order valence-corrected chi connectivity index (χ3v) is 6.41. The van der Waals surface area contributed by atoms with Crippen LogP contribution in [-0.2, 0) is 4.79 Å². The van der Waals surface area contributed by atoms with Crippen molar-refractivity contribution in [3.8, 4) is 10.6 Å². The average molecular weight is 424 g/mol. The van der Waals surface area contributed by atoms with Gasteiger partial charge in [-0.05, 0) is 51.0 Å². The Hall–Kier alpha value is -2.71. The molecule has 8 heteroatoms. The topological polar surface area (TPSA) is 83.6 Å². The molecule has 2 N–H and O–H groups in total. The molecule has 0 saturated carbocycles. The van der Waals surface area contributed by atoms with Crippen LogP contribution < -0.4 is 5.32 Å². The van der Waals surface area contributed by atoms with E-state index in [4.69, 9.17) is 0 Å². The Morgan fingerprint density at radius 3 is 2.59 bits per heavy atom. The zero-order valence-corrected chi connectivity index (χ0v) is 18.2. The summed E-state index contributed by atoms with van der Waals surface area (Å²) in [6.45, 7) is 8.07. The van der Waals surface area contributed by atoms with Crippen molar-refractivity contribution in [2.75, 3.05) is 5.32 Å². The van der Waals surface area contributed by atoms with E-state index in [1.165, 1.54) is 28.7 Å². The summed E-state index contributed by atoms with van der Waals surface area (Å²) in [6.07, 6.45) is 0. The second-order valence-electron chi connectivity index (χ2n) is 6.99. The van der Waals surface area contributed by atoms with Gasteiger partial charge in [0.1, 0.15) is 5.01 Å². The molecule has 2 aromatic carbocycles. The number of rotatable bonds is 5. The van der Waals surface area contributed by atoms with Crippen molar-refractivity contribution in [3.63, 3.8) is 0 Å². The van der Waals surface area contributed by atoms with E-state index in [9.17, 15) is 4.79 Å². The first-order valence-electron chi connectivity index (χ1n) is 9.24. The molecule has 1 unspecified atom stereocenters. The standard InChI is InChI=1S/C21H21N5OS2/c1-11-9-12(2)17(13(3)10-11)19-25-26-21(29-19)24-18(27)14(4)28-20-22-15-7-5-6-8-16(15)23-20/h5-10,14H,1-4H3,(H,22,23)(H,24,26,27). The van der Waals surface area contributed by atoms with Gasteiger partial charge >= 0.3 is 0 Å². The van der Waals surface area contributed by atoms with Crippen LogP contribution in [0, 0.1) is 20.8 Å². The molecule has 148 valence electrons. The Morgan fingerprint density at radius 1 is 1.14 bits per heavy atom. The largest absolute Gasteiger partial charge is 0.333 e. The number of amides is 1. The van der Waals surface area contributed by atoms with E-state index < -0.39 is 0 Å². The second kappa shape index (κ2) is 7.96. The maximum atomic E-state index is 12.6. The first-order valence-corrected chi connectivity index (χ1v) is 10.9. The molecule has 2 aromatic heterocycles. The summed E-state index contributed by atoms with van der Waals surface area (Å²) in [7, 11) is 0. The smallest absolute Gasteiger partial charge is 0.239 e. The molecule has 2 heterocycles. The zero-order chi connectivity index (χ0) is 20.5. The quantitative estimate of drug-likeness (QED) is 0.435. The van der Waals surface area contributed by atoms with E-state index in [0.717, 1.165) is 37.9 Å². The van der Waals surface area contributed by atoms with Gasteiger partial charge in [-0.15, -0.1) is 10.2 Å². The minimum Gasteiger partial charge on any atom is -0.333 e. The van der Waals surface area contributed by atoms with Gasteiger partial charge in [-0.1, -0.05) is 52.9 Å². The predicted octanol–water partition coefficient (Wildman–Crippen LogP) is 5.13. The fraction of sp³-hybridized carbons (Fsp3) is 0.238. The highest BCUT2D eigenvalue weighted by Crippen LogP contribution is 2.33. The van der Waals surface area contributed by atoms with Gasteiger partial charge in [0, 0.05) is 5.56 Å². The highest BCUT2D eigenvalue weighted by molar-refractivity contribution is 8.00. The van der Waals surface area contributed by atoms with Crippen LogP contribution in [0.25, 0.3) is 21.6 Å². The van der Waals surface area contributed by atoms with Crippen LogP contribution in [0.3, 0.4) is 0 Å². The number of aryl methyl sites for hydroxylation is 3. The lowest BCUT2D eigenvalue weighted by Crippen LogP contribution is -2.22. The fourth-order valence-electron chi connectivity index (χ4n) is 3.31. The summed E-state index contributed by atoms with van der Waals surface area (Å²) >= 11 is 2.77. The van der Waals surface area contributed by atoms with Gasteiger partial charge < -0.3 is 4.98 Å². The third-order valence-electron chi connectivity index (χ3n) is 4.57. The number of anilines is 1. The highest BCUT2D eigenvalue weighted by Gasteiger charge is 2.19. The molecule has 4 aromatic rings. The molecule has 0 aliphatic rings. The number of hydrogen-bond acceptors (Lipinski definition) is 6. The van der Waals surface area contributed by atoms with E-state index in [0.29, 0.717) is 5.13 Å². The van der Waals surface area contributed by atoms with Gasteiger partial charge in [0.25, 0.3) is 0 Å². The number of nitrogens with one attached hydrogen (secondary N) is 2. The predicted molar refractivity (Wildman–Crippen MR) is 120 cm³/mol. The maximum absolute atomic E-state index is 12.6. The molecule has 0 bridgehead atoms. The summed E-state index contributed by atoms with van der Waals surface area (Å²) in [5, 5.41) is 13.0. The van der Waals surface area contributed by atoms with Crippen molar-refractivity contribution in [3.05, 3.63) is 53.1 Å². The molecule has 0 radical (unpaired) electrons. The van der Waals surface area contributed by atoms with Crippen LogP contribution in [0.15, 0.2) is 41.6 Å². The van der Waals surface area contributed by atoms with Crippen molar-refractivity contribution in [1.82, 2.24) is 20.2 Å². The van der Waals surface area contributed by atoms with E-state index in [1.54, 1.807) is 0 Å². The minimum absolute atomic E-state index is 0.129. The second-order valence-corrected chi connectivity index (χ2v) is 9.30. The summed E-state index contributed by atoms with van der Waals surface area (Å²) in [4.78, 5) is 20.4. The van der Waals surface area contributed by atoms with Gasteiger partial charge in [-0.25, -0.2) is 4.98 Å². The number of carbonyl (C=O) groups excluding carboxylic acids is 1. The number of thioether (sulfide) groups is 1. The van der Waals surface area contributed by atoms with Gasteiger partial charge in [0.05, 0.1) is 16.3 Å². The zero-order valence-electron chi connectivity index (χ0n) is 16.6. The van der Waals surface area contributed by atoms with E-state index in [2.05, 4.69) is 58.4 Å². The first-order chi connectivity index (χ1) is 13.9. The molecule has 6 nitrogen and oxygen atoms in total. The van der Waals surface area contributed by atoms with E-state index in [-0.39, 0.29) is 11.2 Å². The number of imidazole rings is 1. The molecule has 0 aliphatic carbocycles. The van der Waals surface area contributed by atoms with Gasteiger partial charge in [-0.3, -0.25) is 10.1 Å². The van der Waals surface area contributed by atoms with E-state index >= 15 is 0 Å². The number of H-pyrrole nitrogens is 1. The number of nitrogens with zero attached hydrogens (tertiary/aromatic N) is 3. The molecule has 4 rings (SSSR count). The molecule has 0 fully saturated rings. The Labute approximate surface area is 177 Å². The van der Waals surface area contributed by atoms with Crippen LogP contribution >= 0.6 is 23.1 Å². The molecule has 1 amide bonds. The third kappa shape index (κ3) is 4.18. The summed E-state index contributed by atoms with van der Waals surface area (Å²) in [5.74, 6) is -0.129. The molecule has 0 aliphatic heterocycles. The van der Waals surface area contributed by atoms with Crippen molar-refractivity contribution < 1.29 is 4.79 Å². The summed E-state index contributed by atoms with van der Waals surface area (Å²) in [6, 6.07) is 12.1. The van der Waals surface area contributed by atoms with Crippen molar-refractivity contribution in [2.24, 2.45) is 0 Å². The first kappa shape index (κ1) is 19.6. The monoisotopic (exact) mass is 423 g/mol. The van der Waals surface area contributed by atoms with Gasteiger partial charge in [-0.2, -0.15) is 0 Å². The molecule has 1 atom stereocenters. The minimum atomic E-state index is -0.328. The highest BCUT2D eigenvalue weighted by atomic mass is 32.2. The van der Waals surface area contributed by atoms with Crippen LogP contribution in [-0.4, -0.2) is 31.3 Å². The number of aromatic nitrogens is 4. The number of para-hydroxylation sites is 2. The Balaban J connectivity index is 1.46. The number of benzene rings is 2. The molecule has 0 saturated heterocycles. The van der Waals surface area contributed by atoms with Gasteiger partial charge in [0.2, 0.25) is 11.0 Å². The lowest BCUT2D eigenvalue weighted by atomic mass is 10.0. The molecule has 0 spiro atoms. The van der Waals surface area contributed by atoms with Crippen LogP contribution in [0.1, 0.15) is 23.6 Å². The molecular formula is C21H21N5OS2. The Bertz CT molecular complexity index is 1140. The molecule has 29 heavy (non-hydrogen) atoms. The van der Waals surface area contributed by atoms with Crippen LogP contribution in [0.2, 0.25) is 0 Å². The number of hydrogen-bond donors (Lipinski definition) is 2. The van der Waals surface area contributed by atoms with Crippen LogP contribution in [0.5, 0.6) is 0 Å². The van der Waals surface area contributed by atoms with Crippen molar-refractivity contribution in [1.29, 1.82) is 0 Å². The number of aromatic amines is 1. The van der Waals surface area contributed by atoms with Crippen molar-refractivity contribution in [2.45, 2.75) is 38.1 Å². The fourth-order valence-corrected chi connectivity index (χ4v) is 5.05. The molecular weight excluding hydrogens is 402 g/mol. The normalized spacial score (nSPS) is 12.3. The lowest BCUT2D eigenvalue weighted by Gasteiger charge is -2.08.